The van der Waals surface area contributed by atoms with Gasteiger partial charge in [-0.2, -0.15) is 0 Å². The zero-order chi connectivity index (χ0) is 14.1. The Bertz CT molecular complexity index is 381. The van der Waals surface area contributed by atoms with Crippen molar-refractivity contribution in [2.24, 2.45) is 0 Å². The van der Waals surface area contributed by atoms with Crippen LogP contribution >= 0.6 is 0 Å². The van der Waals surface area contributed by atoms with Crippen molar-refractivity contribution in [2.45, 2.75) is 19.6 Å². The first kappa shape index (κ1) is 15.4. The third-order valence-corrected chi connectivity index (χ3v) is 2.43. The molecule has 1 N–H and O–H groups in total. The molecule has 1 atom stereocenters. The Morgan fingerprint density at radius 1 is 1.42 bits per heavy atom. The summed E-state index contributed by atoms with van der Waals surface area (Å²) in [6.07, 6.45) is 0.949. The highest BCUT2D eigenvalue weighted by Gasteiger charge is 2.14. The summed E-state index contributed by atoms with van der Waals surface area (Å²) >= 11 is 0. The molecule has 0 bridgehead atoms. The van der Waals surface area contributed by atoms with Gasteiger partial charge in [-0.25, -0.2) is 4.79 Å². The van der Waals surface area contributed by atoms with Crippen LogP contribution in [0.1, 0.15) is 12.6 Å². The molecule has 0 saturated carbocycles. The number of methoxy groups -OCH3 is 2. The molecule has 1 rings (SSSR count). The first-order chi connectivity index (χ1) is 9.17. The summed E-state index contributed by atoms with van der Waals surface area (Å²) in [5.74, 6) is 0.129. The maximum absolute atomic E-state index is 11.2. The Hall–Kier alpha value is -1.66. The van der Waals surface area contributed by atoms with E-state index in [9.17, 15) is 4.79 Å². The van der Waals surface area contributed by atoms with Gasteiger partial charge in [0.2, 0.25) is 0 Å². The van der Waals surface area contributed by atoms with Crippen LogP contribution in [0.2, 0.25) is 0 Å². The SMILES string of the molecule is COCCNCc1ccc(OC(C)C(=O)OC)cn1. The highest BCUT2D eigenvalue weighted by Crippen LogP contribution is 2.11. The van der Waals surface area contributed by atoms with Crippen molar-refractivity contribution in [2.75, 3.05) is 27.4 Å². The number of carbonyl (C=O) groups is 1. The summed E-state index contributed by atoms with van der Waals surface area (Å²) in [4.78, 5) is 15.4. The third-order valence-electron chi connectivity index (χ3n) is 2.43. The second kappa shape index (κ2) is 8.44. The third kappa shape index (κ3) is 5.67. The van der Waals surface area contributed by atoms with Crippen LogP contribution in [-0.2, 0) is 20.8 Å². The van der Waals surface area contributed by atoms with Gasteiger partial charge >= 0.3 is 5.97 Å². The zero-order valence-electron chi connectivity index (χ0n) is 11.5. The smallest absolute Gasteiger partial charge is 0.346 e. The van der Waals surface area contributed by atoms with Crippen molar-refractivity contribution in [1.29, 1.82) is 0 Å². The lowest BCUT2D eigenvalue weighted by molar-refractivity contribution is -0.147. The average Bonchev–Trinajstić information content (AvgIpc) is 2.44. The minimum absolute atomic E-state index is 0.412. The first-order valence-corrected chi connectivity index (χ1v) is 6.06. The summed E-state index contributed by atoms with van der Waals surface area (Å²) in [5.41, 5.74) is 0.897. The molecular formula is C13H20N2O4. The molecule has 0 amide bonds. The van der Waals surface area contributed by atoms with Gasteiger partial charge < -0.3 is 19.5 Å². The van der Waals surface area contributed by atoms with Gasteiger partial charge in [0, 0.05) is 20.2 Å². The van der Waals surface area contributed by atoms with E-state index in [2.05, 4.69) is 15.0 Å². The van der Waals surface area contributed by atoms with E-state index < -0.39 is 12.1 Å². The monoisotopic (exact) mass is 268 g/mol. The van der Waals surface area contributed by atoms with Crippen molar-refractivity contribution in [1.82, 2.24) is 10.3 Å². The van der Waals surface area contributed by atoms with Gasteiger partial charge in [-0.3, -0.25) is 4.98 Å². The van der Waals surface area contributed by atoms with Crippen LogP contribution in [0.15, 0.2) is 18.3 Å². The van der Waals surface area contributed by atoms with E-state index in [1.807, 2.05) is 6.07 Å². The van der Waals surface area contributed by atoms with Crippen LogP contribution < -0.4 is 10.1 Å². The topological polar surface area (TPSA) is 69.7 Å². The number of esters is 1. The molecule has 0 radical (unpaired) electrons. The number of pyridine rings is 1. The second-order valence-corrected chi connectivity index (χ2v) is 3.94. The summed E-state index contributed by atoms with van der Waals surface area (Å²) < 4.78 is 14.9. The quantitative estimate of drug-likeness (QED) is 0.554. The van der Waals surface area contributed by atoms with Crippen LogP contribution in [-0.4, -0.2) is 44.4 Å². The molecule has 0 fully saturated rings. The maximum atomic E-state index is 11.2. The number of ether oxygens (including phenoxy) is 3. The van der Waals surface area contributed by atoms with Gasteiger partial charge in [-0.1, -0.05) is 0 Å². The molecule has 1 heterocycles. The fourth-order valence-corrected chi connectivity index (χ4v) is 1.39. The molecule has 1 aromatic rings. The van der Waals surface area contributed by atoms with E-state index in [1.165, 1.54) is 7.11 Å². The molecule has 0 aromatic carbocycles. The molecule has 0 aliphatic carbocycles. The van der Waals surface area contributed by atoms with Crippen molar-refractivity contribution in [3.8, 4) is 5.75 Å². The lowest BCUT2D eigenvalue weighted by Crippen LogP contribution is -2.25. The molecule has 6 heteroatoms. The van der Waals surface area contributed by atoms with E-state index in [1.54, 1.807) is 26.3 Å². The first-order valence-electron chi connectivity index (χ1n) is 6.06. The van der Waals surface area contributed by atoms with Crippen LogP contribution in [0.5, 0.6) is 5.75 Å². The molecular weight excluding hydrogens is 248 g/mol. The van der Waals surface area contributed by atoms with Gasteiger partial charge in [-0.15, -0.1) is 0 Å². The highest BCUT2D eigenvalue weighted by atomic mass is 16.6. The Balaban J connectivity index is 2.41. The number of carbonyl (C=O) groups excluding carboxylic acids is 1. The fourth-order valence-electron chi connectivity index (χ4n) is 1.39. The van der Waals surface area contributed by atoms with E-state index in [0.29, 0.717) is 18.9 Å². The van der Waals surface area contributed by atoms with Crippen molar-refractivity contribution < 1.29 is 19.0 Å². The molecule has 6 nitrogen and oxygen atoms in total. The predicted octanol–water partition coefficient (Wildman–Crippen LogP) is 0.758. The summed E-state index contributed by atoms with van der Waals surface area (Å²) in [5, 5.41) is 3.19. The fraction of sp³-hybridized carbons (Fsp3) is 0.538. The van der Waals surface area contributed by atoms with Gasteiger partial charge in [0.1, 0.15) is 5.75 Å². The molecule has 0 aliphatic heterocycles. The highest BCUT2D eigenvalue weighted by molar-refractivity contribution is 5.74. The van der Waals surface area contributed by atoms with Gasteiger partial charge in [0.15, 0.2) is 6.10 Å². The minimum Gasteiger partial charge on any atom is -0.477 e. The normalized spacial score (nSPS) is 11.9. The molecule has 106 valence electrons. The lowest BCUT2D eigenvalue weighted by atomic mass is 10.3. The predicted molar refractivity (Wildman–Crippen MR) is 69.9 cm³/mol. The molecule has 0 saturated heterocycles. The van der Waals surface area contributed by atoms with Crippen LogP contribution in [0.4, 0.5) is 0 Å². The van der Waals surface area contributed by atoms with Gasteiger partial charge in [0.05, 0.1) is 25.6 Å². The van der Waals surface area contributed by atoms with E-state index in [4.69, 9.17) is 9.47 Å². The number of hydrogen-bond donors (Lipinski definition) is 1. The maximum Gasteiger partial charge on any atom is 0.346 e. The van der Waals surface area contributed by atoms with Crippen LogP contribution in [0, 0.1) is 0 Å². The molecule has 0 spiro atoms. The van der Waals surface area contributed by atoms with Crippen molar-refractivity contribution in [3.63, 3.8) is 0 Å². The standard InChI is InChI=1S/C13H20N2O4/c1-10(13(16)18-3)19-12-5-4-11(15-9-12)8-14-6-7-17-2/h4-5,9-10,14H,6-8H2,1-3H3. The van der Waals surface area contributed by atoms with E-state index in [-0.39, 0.29) is 0 Å². The Morgan fingerprint density at radius 3 is 2.79 bits per heavy atom. The molecule has 1 unspecified atom stereocenters. The number of aromatic nitrogens is 1. The zero-order valence-corrected chi connectivity index (χ0v) is 11.5. The van der Waals surface area contributed by atoms with E-state index >= 15 is 0 Å². The van der Waals surface area contributed by atoms with Gasteiger partial charge in [0.25, 0.3) is 0 Å². The van der Waals surface area contributed by atoms with Crippen molar-refractivity contribution >= 4 is 5.97 Å². The molecule has 0 aliphatic rings. The minimum atomic E-state index is -0.641. The summed E-state index contributed by atoms with van der Waals surface area (Å²) in [6.45, 7) is 3.73. The number of nitrogens with zero attached hydrogens (tertiary/aromatic N) is 1. The number of nitrogens with one attached hydrogen (secondary N) is 1. The Labute approximate surface area is 113 Å². The van der Waals surface area contributed by atoms with E-state index in [0.717, 1.165) is 12.2 Å². The largest absolute Gasteiger partial charge is 0.477 e. The van der Waals surface area contributed by atoms with Gasteiger partial charge in [-0.05, 0) is 19.1 Å². The Morgan fingerprint density at radius 2 is 2.21 bits per heavy atom. The van der Waals surface area contributed by atoms with Crippen LogP contribution in [0.25, 0.3) is 0 Å². The number of rotatable bonds is 8. The summed E-state index contributed by atoms with van der Waals surface area (Å²) in [6, 6.07) is 3.62. The van der Waals surface area contributed by atoms with Crippen LogP contribution in [0.3, 0.4) is 0 Å². The Kier molecular flexibility index (Phi) is 6.84. The average molecular weight is 268 g/mol. The summed E-state index contributed by atoms with van der Waals surface area (Å²) in [7, 11) is 2.99. The molecule has 1 aromatic heterocycles. The number of hydrogen-bond acceptors (Lipinski definition) is 6. The lowest BCUT2D eigenvalue weighted by Gasteiger charge is -2.12. The van der Waals surface area contributed by atoms with Crippen molar-refractivity contribution in [3.05, 3.63) is 24.0 Å². The molecule has 19 heavy (non-hydrogen) atoms. The second-order valence-electron chi connectivity index (χ2n) is 3.94.